The van der Waals surface area contributed by atoms with Gasteiger partial charge in [0.25, 0.3) is 0 Å². The first-order chi connectivity index (χ1) is 10.0. The fraction of sp³-hybridized carbons (Fsp3) is 0.900. The number of hydrogen-bond acceptors (Lipinski definition) is 1. The molecule has 0 N–H and O–H groups in total. The van der Waals surface area contributed by atoms with E-state index in [2.05, 4.69) is 25.7 Å². The van der Waals surface area contributed by atoms with Crippen molar-refractivity contribution in [3.63, 3.8) is 0 Å². The lowest BCUT2D eigenvalue weighted by atomic mass is 9.32. The average Bonchev–Trinajstić information content (AvgIpc) is 2.38. The van der Waals surface area contributed by atoms with Gasteiger partial charge in [0, 0.05) is 6.54 Å². The SMILES string of the molecule is CCN(CC)CC1=C(C23CC(C)(C2)C3)CC2(CCC2)CC1. The van der Waals surface area contributed by atoms with E-state index in [1.165, 1.54) is 77.4 Å². The Bertz CT molecular complexity index is 444. The normalized spacial score (nSPS) is 40.0. The Morgan fingerprint density at radius 3 is 2.14 bits per heavy atom. The Labute approximate surface area is 131 Å². The van der Waals surface area contributed by atoms with E-state index in [4.69, 9.17) is 0 Å². The van der Waals surface area contributed by atoms with Gasteiger partial charge in [0.15, 0.2) is 0 Å². The zero-order chi connectivity index (χ0) is 14.7. The van der Waals surface area contributed by atoms with Crippen LogP contribution in [0, 0.1) is 16.2 Å². The molecule has 4 fully saturated rings. The molecule has 0 radical (unpaired) electrons. The van der Waals surface area contributed by atoms with Gasteiger partial charge in [-0.1, -0.05) is 38.3 Å². The third kappa shape index (κ3) is 2.06. The fourth-order valence-corrected chi connectivity index (χ4v) is 6.33. The maximum atomic E-state index is 2.64. The molecule has 0 saturated heterocycles. The van der Waals surface area contributed by atoms with Crippen molar-refractivity contribution < 1.29 is 0 Å². The molecule has 2 bridgehead atoms. The highest BCUT2D eigenvalue weighted by Gasteiger charge is 2.67. The molecule has 0 aromatic rings. The van der Waals surface area contributed by atoms with Crippen LogP contribution in [0.15, 0.2) is 11.1 Å². The third-order valence-electron chi connectivity index (χ3n) is 7.59. The molecule has 0 atom stereocenters. The Morgan fingerprint density at radius 2 is 1.67 bits per heavy atom. The number of allylic oxidation sites excluding steroid dienone is 1. The van der Waals surface area contributed by atoms with Crippen LogP contribution in [0.3, 0.4) is 0 Å². The van der Waals surface area contributed by atoms with E-state index in [0.717, 1.165) is 10.8 Å². The summed E-state index contributed by atoms with van der Waals surface area (Å²) in [5.41, 5.74) is 6.05. The fourth-order valence-electron chi connectivity index (χ4n) is 6.33. The van der Waals surface area contributed by atoms with E-state index in [0.29, 0.717) is 5.41 Å². The predicted molar refractivity (Wildman–Crippen MR) is 89.3 cm³/mol. The molecule has 0 heterocycles. The Kier molecular flexibility index (Phi) is 3.13. The molecule has 4 saturated carbocycles. The van der Waals surface area contributed by atoms with Crippen LogP contribution < -0.4 is 0 Å². The van der Waals surface area contributed by atoms with E-state index < -0.39 is 0 Å². The van der Waals surface area contributed by atoms with Crippen molar-refractivity contribution in [1.29, 1.82) is 0 Å². The predicted octanol–water partition coefficient (Wildman–Crippen LogP) is 5.17. The number of hydrogen-bond donors (Lipinski definition) is 0. The molecule has 5 rings (SSSR count). The first-order valence-corrected chi connectivity index (χ1v) is 9.46. The summed E-state index contributed by atoms with van der Waals surface area (Å²) in [6.07, 6.45) is 13.5. The maximum Gasteiger partial charge on any atom is 0.0195 e. The smallest absolute Gasteiger partial charge is 0.0195 e. The van der Waals surface area contributed by atoms with Crippen LogP contribution in [0.25, 0.3) is 0 Å². The number of likely N-dealkylation sites (N-methyl/N-ethyl adjacent to an activating group) is 1. The third-order valence-corrected chi connectivity index (χ3v) is 7.59. The lowest BCUT2D eigenvalue weighted by molar-refractivity contribution is -0.169. The Balaban J connectivity index is 1.59. The molecule has 1 heteroatoms. The Hall–Kier alpha value is -0.300. The minimum atomic E-state index is 0.695. The molecule has 1 nitrogen and oxygen atoms in total. The van der Waals surface area contributed by atoms with Gasteiger partial charge in [-0.2, -0.15) is 0 Å². The highest BCUT2D eigenvalue weighted by molar-refractivity contribution is 5.38. The molecule has 1 spiro atoms. The molecular formula is C20H33N. The minimum absolute atomic E-state index is 0.695. The second-order valence-corrected chi connectivity index (χ2v) is 9.20. The lowest BCUT2D eigenvalue weighted by Gasteiger charge is -2.72. The summed E-state index contributed by atoms with van der Waals surface area (Å²) in [4.78, 5) is 2.64. The summed E-state index contributed by atoms with van der Waals surface area (Å²) in [5.74, 6) is 0. The van der Waals surface area contributed by atoms with Crippen molar-refractivity contribution in [1.82, 2.24) is 4.90 Å². The molecule has 118 valence electrons. The van der Waals surface area contributed by atoms with E-state index in [1.807, 2.05) is 11.1 Å². The maximum absolute atomic E-state index is 2.64. The van der Waals surface area contributed by atoms with Gasteiger partial charge in [0.1, 0.15) is 0 Å². The monoisotopic (exact) mass is 287 g/mol. The average molecular weight is 287 g/mol. The first kappa shape index (κ1) is 14.3. The van der Waals surface area contributed by atoms with Crippen LogP contribution in [0.5, 0.6) is 0 Å². The van der Waals surface area contributed by atoms with Gasteiger partial charge in [-0.05, 0) is 80.7 Å². The van der Waals surface area contributed by atoms with Crippen molar-refractivity contribution in [2.75, 3.05) is 19.6 Å². The Morgan fingerprint density at radius 1 is 1.00 bits per heavy atom. The highest BCUT2D eigenvalue weighted by Crippen LogP contribution is 2.78. The van der Waals surface area contributed by atoms with Crippen LogP contribution in [0.1, 0.15) is 78.6 Å². The highest BCUT2D eigenvalue weighted by atomic mass is 15.1. The van der Waals surface area contributed by atoms with Crippen molar-refractivity contribution >= 4 is 0 Å². The van der Waals surface area contributed by atoms with Crippen molar-refractivity contribution in [3.8, 4) is 0 Å². The molecule has 21 heavy (non-hydrogen) atoms. The van der Waals surface area contributed by atoms with E-state index >= 15 is 0 Å². The molecule has 0 aromatic carbocycles. The molecule has 0 aliphatic heterocycles. The topological polar surface area (TPSA) is 3.24 Å². The van der Waals surface area contributed by atoms with Gasteiger partial charge in [-0.15, -0.1) is 0 Å². The van der Waals surface area contributed by atoms with Gasteiger partial charge in [-0.25, -0.2) is 0 Å². The summed E-state index contributed by atoms with van der Waals surface area (Å²) >= 11 is 0. The molecule has 0 amide bonds. The van der Waals surface area contributed by atoms with Gasteiger partial charge >= 0.3 is 0 Å². The minimum Gasteiger partial charge on any atom is -0.300 e. The molecule has 0 unspecified atom stereocenters. The van der Waals surface area contributed by atoms with E-state index in [9.17, 15) is 0 Å². The summed E-state index contributed by atoms with van der Waals surface area (Å²) in [6.45, 7) is 10.9. The summed E-state index contributed by atoms with van der Waals surface area (Å²) in [5, 5.41) is 0. The standard InChI is InChI=1S/C20H33N/c1-4-21(5-2)12-16-7-10-19(8-6-9-19)11-17(16)20-13-18(3,14-20)15-20/h4-15H2,1-3H3. The zero-order valence-electron chi connectivity index (χ0n) is 14.4. The van der Waals surface area contributed by atoms with Crippen LogP contribution in [0.2, 0.25) is 0 Å². The lowest BCUT2D eigenvalue weighted by Crippen LogP contribution is -2.62. The zero-order valence-corrected chi connectivity index (χ0v) is 14.4. The first-order valence-electron chi connectivity index (χ1n) is 9.46. The van der Waals surface area contributed by atoms with Crippen LogP contribution >= 0.6 is 0 Å². The van der Waals surface area contributed by atoms with Crippen molar-refractivity contribution in [2.45, 2.75) is 78.6 Å². The molecule has 0 aromatic heterocycles. The second-order valence-electron chi connectivity index (χ2n) is 9.20. The summed E-state index contributed by atoms with van der Waals surface area (Å²) < 4.78 is 0. The van der Waals surface area contributed by atoms with Crippen molar-refractivity contribution in [2.24, 2.45) is 16.2 Å². The number of nitrogens with zero attached hydrogens (tertiary/aromatic N) is 1. The van der Waals surface area contributed by atoms with Gasteiger partial charge in [-0.3, -0.25) is 4.90 Å². The molecule has 5 aliphatic rings. The molecule has 5 aliphatic carbocycles. The van der Waals surface area contributed by atoms with E-state index in [1.54, 1.807) is 0 Å². The largest absolute Gasteiger partial charge is 0.300 e. The molecular weight excluding hydrogens is 254 g/mol. The summed E-state index contributed by atoms with van der Waals surface area (Å²) in [7, 11) is 0. The van der Waals surface area contributed by atoms with Crippen LogP contribution in [-0.4, -0.2) is 24.5 Å². The van der Waals surface area contributed by atoms with Crippen molar-refractivity contribution in [3.05, 3.63) is 11.1 Å². The number of rotatable bonds is 5. The second kappa shape index (κ2) is 4.60. The van der Waals surface area contributed by atoms with Gasteiger partial charge < -0.3 is 0 Å². The van der Waals surface area contributed by atoms with Gasteiger partial charge in [0.2, 0.25) is 0 Å². The summed E-state index contributed by atoms with van der Waals surface area (Å²) in [6, 6.07) is 0. The van der Waals surface area contributed by atoms with Crippen LogP contribution in [-0.2, 0) is 0 Å². The van der Waals surface area contributed by atoms with Crippen LogP contribution in [0.4, 0.5) is 0 Å². The van der Waals surface area contributed by atoms with Gasteiger partial charge in [0.05, 0.1) is 0 Å². The van der Waals surface area contributed by atoms with E-state index in [-0.39, 0.29) is 0 Å². The quantitative estimate of drug-likeness (QED) is 0.631.